The minimum absolute atomic E-state index is 0.104. The van der Waals surface area contributed by atoms with Gasteiger partial charge in [-0.1, -0.05) is 6.07 Å². The Morgan fingerprint density at radius 3 is 2.62 bits per heavy atom. The fraction of sp³-hybridized carbons (Fsp3) is 0.444. The first-order valence-corrected chi connectivity index (χ1v) is 10.4. The number of hydrogen-bond acceptors (Lipinski definition) is 5. The maximum Gasteiger partial charge on any atom is 0.490 e. The van der Waals surface area contributed by atoms with Gasteiger partial charge in [0.1, 0.15) is 0 Å². The molecule has 2 N–H and O–H groups in total. The van der Waals surface area contributed by atoms with Crippen LogP contribution in [-0.2, 0) is 14.8 Å². The largest absolute Gasteiger partial charge is 0.490 e. The lowest BCUT2D eigenvalue weighted by molar-refractivity contribution is -0.192. The van der Waals surface area contributed by atoms with Gasteiger partial charge in [0.15, 0.2) is 0 Å². The number of nitrogens with one attached hydrogen (secondary N) is 1. The van der Waals surface area contributed by atoms with Gasteiger partial charge in [0.05, 0.1) is 4.90 Å². The minimum Gasteiger partial charge on any atom is -0.475 e. The Hall–Kier alpha value is -2.24. The lowest BCUT2D eigenvalue weighted by Crippen LogP contribution is -2.47. The van der Waals surface area contributed by atoms with E-state index in [9.17, 15) is 21.6 Å². The first-order chi connectivity index (χ1) is 13.6. The van der Waals surface area contributed by atoms with Crippen molar-refractivity contribution in [3.8, 4) is 0 Å². The van der Waals surface area contributed by atoms with Crippen LogP contribution in [0, 0.1) is 5.92 Å². The van der Waals surface area contributed by atoms with E-state index in [1.54, 1.807) is 28.8 Å². The van der Waals surface area contributed by atoms with Gasteiger partial charge in [0.25, 0.3) is 0 Å². The van der Waals surface area contributed by atoms with E-state index in [1.165, 1.54) is 0 Å². The number of carboxylic acid groups (broad SMARTS) is 1. The zero-order valence-corrected chi connectivity index (χ0v) is 16.1. The van der Waals surface area contributed by atoms with Crippen molar-refractivity contribution >= 4 is 26.8 Å². The van der Waals surface area contributed by atoms with Gasteiger partial charge in [-0.2, -0.15) is 17.5 Å². The third-order valence-corrected chi connectivity index (χ3v) is 7.06. The number of carboxylic acids is 1. The highest BCUT2D eigenvalue weighted by atomic mass is 32.2. The first-order valence-electron chi connectivity index (χ1n) is 8.97. The van der Waals surface area contributed by atoms with Crippen LogP contribution in [0.25, 0.3) is 10.8 Å². The molecule has 0 saturated carbocycles. The second-order valence-corrected chi connectivity index (χ2v) is 8.80. The van der Waals surface area contributed by atoms with Crippen molar-refractivity contribution in [1.82, 2.24) is 14.6 Å². The Labute approximate surface area is 165 Å². The third kappa shape index (κ3) is 4.68. The number of halogens is 3. The molecule has 0 spiro atoms. The monoisotopic (exact) mass is 431 g/mol. The molecule has 2 aliphatic rings. The quantitative estimate of drug-likeness (QED) is 0.757. The molecule has 29 heavy (non-hydrogen) atoms. The van der Waals surface area contributed by atoms with Crippen LogP contribution < -0.4 is 5.32 Å². The number of piperidine rings is 1. The molecule has 7 nitrogen and oxygen atoms in total. The molecule has 2 atom stereocenters. The van der Waals surface area contributed by atoms with Gasteiger partial charge in [0.2, 0.25) is 10.0 Å². The van der Waals surface area contributed by atoms with E-state index in [1.807, 2.05) is 12.1 Å². The van der Waals surface area contributed by atoms with Crippen LogP contribution in [0.1, 0.15) is 12.8 Å². The van der Waals surface area contributed by atoms with E-state index in [-0.39, 0.29) is 6.04 Å². The van der Waals surface area contributed by atoms with Crippen molar-refractivity contribution < 1.29 is 31.5 Å². The Bertz CT molecular complexity index is 997. The molecular formula is C18H20F3N3O4S. The van der Waals surface area contributed by atoms with E-state index < -0.39 is 22.2 Å². The molecule has 2 saturated heterocycles. The van der Waals surface area contributed by atoms with E-state index >= 15 is 0 Å². The molecular weight excluding hydrogens is 411 g/mol. The molecule has 2 fully saturated rings. The van der Waals surface area contributed by atoms with Gasteiger partial charge >= 0.3 is 12.1 Å². The molecule has 0 aliphatic carbocycles. The summed E-state index contributed by atoms with van der Waals surface area (Å²) in [6, 6.07) is 7.25. The van der Waals surface area contributed by atoms with E-state index in [0.717, 1.165) is 36.7 Å². The number of aromatic nitrogens is 1. The second kappa shape index (κ2) is 8.25. The maximum atomic E-state index is 13.0. The molecule has 1 aromatic carbocycles. The average molecular weight is 431 g/mol. The Morgan fingerprint density at radius 1 is 1.21 bits per heavy atom. The summed E-state index contributed by atoms with van der Waals surface area (Å²) in [5.74, 6) is -2.26. The summed E-state index contributed by atoms with van der Waals surface area (Å²) >= 11 is 0. The molecule has 0 radical (unpaired) electrons. The zero-order valence-electron chi connectivity index (χ0n) is 15.3. The van der Waals surface area contributed by atoms with Crippen molar-refractivity contribution in [2.24, 2.45) is 5.92 Å². The molecule has 0 amide bonds. The van der Waals surface area contributed by atoms with Crippen molar-refractivity contribution in [1.29, 1.82) is 0 Å². The summed E-state index contributed by atoms with van der Waals surface area (Å²) in [6.07, 6.45) is 0.404. The van der Waals surface area contributed by atoms with Crippen LogP contribution in [0.15, 0.2) is 41.6 Å². The van der Waals surface area contributed by atoms with Gasteiger partial charge in [0, 0.05) is 36.9 Å². The normalized spacial score (nSPS) is 22.6. The van der Waals surface area contributed by atoms with Crippen molar-refractivity contribution in [2.45, 2.75) is 30.0 Å². The number of pyridine rings is 1. The molecule has 11 heteroatoms. The number of sulfonamides is 1. The molecule has 2 aromatic rings. The minimum atomic E-state index is -5.08. The standard InChI is InChI=1S/C16H19N3O2S.C2HF3O2/c20-22(21,19-8-5-12-3-6-18-11-16(12)19)15-2-1-14-10-17-7-4-13(14)9-15;3-2(4,5)1(6)7/h1-2,4,7,9-10,12,16,18H,3,5-6,8,11H2;(H,6,7). The number of aliphatic carboxylic acids is 1. The van der Waals surface area contributed by atoms with Crippen molar-refractivity contribution in [3.63, 3.8) is 0 Å². The van der Waals surface area contributed by atoms with Crippen LogP contribution >= 0.6 is 0 Å². The van der Waals surface area contributed by atoms with Gasteiger partial charge in [-0.25, -0.2) is 13.2 Å². The number of fused-ring (bicyclic) bond motifs is 2. The van der Waals surface area contributed by atoms with Crippen LogP contribution in [0.5, 0.6) is 0 Å². The summed E-state index contributed by atoms with van der Waals surface area (Å²) in [5, 5.41) is 12.3. The van der Waals surface area contributed by atoms with Crippen LogP contribution in [0.3, 0.4) is 0 Å². The van der Waals surface area contributed by atoms with E-state index in [4.69, 9.17) is 9.90 Å². The van der Waals surface area contributed by atoms with Gasteiger partial charge < -0.3 is 10.4 Å². The number of rotatable bonds is 2. The number of nitrogens with zero attached hydrogens (tertiary/aromatic N) is 2. The fourth-order valence-electron chi connectivity index (χ4n) is 3.68. The summed E-state index contributed by atoms with van der Waals surface area (Å²) in [7, 11) is -3.43. The Balaban J connectivity index is 0.000000298. The Kier molecular flexibility index (Phi) is 6.11. The second-order valence-electron chi connectivity index (χ2n) is 6.91. The molecule has 0 bridgehead atoms. The van der Waals surface area contributed by atoms with Crippen LogP contribution in [0.4, 0.5) is 13.2 Å². The van der Waals surface area contributed by atoms with E-state index in [2.05, 4.69) is 10.3 Å². The number of hydrogen-bond donors (Lipinski definition) is 2. The molecule has 3 heterocycles. The molecule has 2 aliphatic heterocycles. The summed E-state index contributed by atoms with van der Waals surface area (Å²) in [6.45, 7) is 2.40. The molecule has 1 aromatic heterocycles. The van der Waals surface area contributed by atoms with Gasteiger partial charge in [-0.3, -0.25) is 4.98 Å². The van der Waals surface area contributed by atoms with Crippen LogP contribution in [-0.4, -0.2) is 60.6 Å². The van der Waals surface area contributed by atoms with Crippen molar-refractivity contribution in [2.75, 3.05) is 19.6 Å². The topological polar surface area (TPSA) is 99.6 Å². The lowest BCUT2D eigenvalue weighted by atomic mass is 9.94. The molecule has 4 rings (SSSR count). The smallest absolute Gasteiger partial charge is 0.475 e. The first kappa shape index (κ1) is 21.5. The Morgan fingerprint density at radius 2 is 1.93 bits per heavy atom. The number of benzene rings is 1. The third-order valence-electron chi connectivity index (χ3n) is 5.14. The lowest BCUT2D eigenvalue weighted by Gasteiger charge is -2.31. The number of alkyl halides is 3. The van der Waals surface area contributed by atoms with Crippen molar-refractivity contribution in [3.05, 3.63) is 36.7 Å². The highest BCUT2D eigenvalue weighted by Crippen LogP contribution is 2.34. The predicted octanol–water partition coefficient (Wildman–Crippen LogP) is 2.24. The van der Waals surface area contributed by atoms with Crippen LogP contribution in [0.2, 0.25) is 0 Å². The summed E-state index contributed by atoms with van der Waals surface area (Å²) < 4.78 is 59.5. The number of carbonyl (C=O) groups is 1. The zero-order chi connectivity index (χ0) is 21.2. The predicted molar refractivity (Wildman–Crippen MR) is 98.7 cm³/mol. The van der Waals surface area contributed by atoms with Gasteiger partial charge in [-0.15, -0.1) is 0 Å². The highest BCUT2D eigenvalue weighted by Gasteiger charge is 2.42. The summed E-state index contributed by atoms with van der Waals surface area (Å²) in [4.78, 5) is 13.4. The van der Waals surface area contributed by atoms with Gasteiger partial charge in [-0.05, 0) is 48.9 Å². The summed E-state index contributed by atoms with van der Waals surface area (Å²) in [5.41, 5.74) is 0. The average Bonchev–Trinajstić information content (AvgIpc) is 3.12. The molecule has 2 unspecified atom stereocenters. The fourth-order valence-corrected chi connectivity index (χ4v) is 5.42. The maximum absolute atomic E-state index is 13.0. The SMILES string of the molecule is O=C(O)C(F)(F)F.O=S(=O)(c1ccc2cnccc2c1)N1CCC2CCNCC21. The van der Waals surface area contributed by atoms with E-state index in [0.29, 0.717) is 17.4 Å². The molecule has 158 valence electrons. The highest BCUT2D eigenvalue weighted by molar-refractivity contribution is 7.89.